The minimum absolute atomic E-state index is 0.345. The Labute approximate surface area is 109 Å². The third-order valence-electron chi connectivity index (χ3n) is 2.84. The SMILES string of the molecule is C/C(=C\CCCCCC/C=C(\C)C(N)=O)C(N)=O. The van der Waals surface area contributed by atoms with Gasteiger partial charge in [0, 0.05) is 11.1 Å². The Morgan fingerprint density at radius 2 is 1.11 bits per heavy atom. The molecule has 0 bridgehead atoms. The van der Waals surface area contributed by atoms with E-state index in [9.17, 15) is 9.59 Å². The first-order valence-corrected chi connectivity index (χ1v) is 6.38. The summed E-state index contributed by atoms with van der Waals surface area (Å²) in [5.74, 6) is -0.691. The fraction of sp³-hybridized carbons (Fsp3) is 0.571. The highest BCUT2D eigenvalue weighted by Crippen LogP contribution is 2.08. The predicted octanol–water partition coefficient (Wildman–Crippen LogP) is 2.19. The molecule has 0 aromatic rings. The van der Waals surface area contributed by atoms with Gasteiger partial charge in [0.05, 0.1) is 0 Å². The number of hydrogen-bond donors (Lipinski definition) is 2. The average Bonchev–Trinajstić information content (AvgIpc) is 2.31. The standard InChI is InChI=1S/C14H24N2O2/c1-11(13(15)17)9-7-5-3-4-6-8-10-12(2)14(16)18/h9-10H,3-8H2,1-2H3,(H2,15,17)(H2,16,18)/b11-9+,12-10+. The Balaban J connectivity index is 3.53. The molecule has 4 N–H and O–H groups in total. The molecular formula is C14H24N2O2. The number of rotatable bonds is 9. The van der Waals surface area contributed by atoms with Gasteiger partial charge in [0.2, 0.25) is 11.8 Å². The van der Waals surface area contributed by atoms with Gasteiger partial charge >= 0.3 is 0 Å². The first kappa shape index (κ1) is 16.4. The zero-order valence-electron chi connectivity index (χ0n) is 11.4. The van der Waals surface area contributed by atoms with Crippen molar-refractivity contribution in [3.63, 3.8) is 0 Å². The maximum atomic E-state index is 10.7. The smallest absolute Gasteiger partial charge is 0.244 e. The molecule has 0 fully saturated rings. The number of allylic oxidation sites excluding steroid dienone is 2. The number of nitrogens with two attached hydrogens (primary N) is 2. The largest absolute Gasteiger partial charge is 0.366 e. The lowest BCUT2D eigenvalue weighted by atomic mass is 10.1. The van der Waals surface area contributed by atoms with Crippen LogP contribution in [0.3, 0.4) is 0 Å². The minimum atomic E-state index is -0.345. The second-order valence-corrected chi connectivity index (χ2v) is 4.49. The van der Waals surface area contributed by atoms with Crippen LogP contribution < -0.4 is 11.5 Å². The molecule has 18 heavy (non-hydrogen) atoms. The number of primary amides is 2. The molecule has 0 aliphatic carbocycles. The summed E-state index contributed by atoms with van der Waals surface area (Å²) in [6.07, 6.45) is 9.92. The van der Waals surface area contributed by atoms with Crippen LogP contribution in [0.25, 0.3) is 0 Å². The lowest BCUT2D eigenvalue weighted by Gasteiger charge is -1.99. The van der Waals surface area contributed by atoms with Gasteiger partial charge < -0.3 is 11.5 Å². The van der Waals surface area contributed by atoms with E-state index in [1.54, 1.807) is 13.8 Å². The first-order valence-electron chi connectivity index (χ1n) is 6.38. The molecule has 0 unspecified atom stereocenters. The van der Waals surface area contributed by atoms with Gasteiger partial charge in [-0.25, -0.2) is 0 Å². The molecule has 0 atom stereocenters. The topological polar surface area (TPSA) is 86.2 Å². The van der Waals surface area contributed by atoms with Crippen LogP contribution in [0, 0.1) is 0 Å². The van der Waals surface area contributed by atoms with Crippen molar-refractivity contribution in [2.75, 3.05) is 0 Å². The van der Waals surface area contributed by atoms with E-state index in [1.165, 1.54) is 0 Å². The van der Waals surface area contributed by atoms with Crippen molar-refractivity contribution in [1.82, 2.24) is 0 Å². The zero-order valence-corrected chi connectivity index (χ0v) is 11.4. The van der Waals surface area contributed by atoms with Gasteiger partial charge in [-0.2, -0.15) is 0 Å². The van der Waals surface area contributed by atoms with Crippen LogP contribution in [0.15, 0.2) is 23.3 Å². The van der Waals surface area contributed by atoms with Gasteiger partial charge in [0.1, 0.15) is 0 Å². The second kappa shape index (κ2) is 9.45. The molecule has 0 heterocycles. The summed E-state index contributed by atoms with van der Waals surface area (Å²) >= 11 is 0. The van der Waals surface area contributed by atoms with E-state index in [4.69, 9.17) is 11.5 Å². The Hall–Kier alpha value is -1.58. The number of unbranched alkanes of at least 4 members (excludes halogenated alkanes) is 5. The molecule has 0 saturated heterocycles. The lowest BCUT2D eigenvalue weighted by Crippen LogP contribution is -2.11. The fourth-order valence-electron chi connectivity index (χ4n) is 1.48. The number of amides is 2. The summed E-state index contributed by atoms with van der Waals surface area (Å²) in [6.45, 7) is 3.47. The van der Waals surface area contributed by atoms with Crippen molar-refractivity contribution in [3.05, 3.63) is 23.3 Å². The van der Waals surface area contributed by atoms with Crippen LogP contribution in [-0.4, -0.2) is 11.8 Å². The van der Waals surface area contributed by atoms with Crippen molar-refractivity contribution in [2.24, 2.45) is 11.5 Å². The van der Waals surface area contributed by atoms with Gasteiger partial charge in [0.25, 0.3) is 0 Å². The van der Waals surface area contributed by atoms with Crippen molar-refractivity contribution in [2.45, 2.75) is 52.4 Å². The highest BCUT2D eigenvalue weighted by molar-refractivity contribution is 5.91. The summed E-state index contributed by atoms with van der Waals surface area (Å²) < 4.78 is 0. The van der Waals surface area contributed by atoms with Crippen LogP contribution in [0.4, 0.5) is 0 Å². The van der Waals surface area contributed by atoms with Crippen LogP contribution in [0.2, 0.25) is 0 Å². The molecule has 0 saturated carbocycles. The first-order chi connectivity index (χ1) is 8.45. The van der Waals surface area contributed by atoms with Gasteiger partial charge in [-0.1, -0.05) is 25.0 Å². The van der Waals surface area contributed by atoms with Crippen molar-refractivity contribution in [3.8, 4) is 0 Å². The highest BCUT2D eigenvalue weighted by Gasteiger charge is 1.97. The zero-order chi connectivity index (χ0) is 14.0. The summed E-state index contributed by atoms with van der Waals surface area (Å²) in [6, 6.07) is 0. The Bertz CT molecular complexity index is 310. The van der Waals surface area contributed by atoms with E-state index in [0.29, 0.717) is 11.1 Å². The molecule has 102 valence electrons. The van der Waals surface area contributed by atoms with E-state index >= 15 is 0 Å². The van der Waals surface area contributed by atoms with Gasteiger partial charge in [-0.3, -0.25) is 9.59 Å². The molecule has 0 aromatic carbocycles. The lowest BCUT2D eigenvalue weighted by molar-refractivity contribution is -0.115. The maximum absolute atomic E-state index is 10.7. The number of carbonyl (C=O) groups excluding carboxylic acids is 2. The monoisotopic (exact) mass is 252 g/mol. The summed E-state index contributed by atoms with van der Waals surface area (Å²) in [4.78, 5) is 21.5. The summed E-state index contributed by atoms with van der Waals surface area (Å²) in [7, 11) is 0. The molecule has 4 nitrogen and oxygen atoms in total. The van der Waals surface area contributed by atoms with E-state index in [1.807, 2.05) is 12.2 Å². The summed E-state index contributed by atoms with van der Waals surface area (Å²) in [5.41, 5.74) is 11.5. The fourth-order valence-corrected chi connectivity index (χ4v) is 1.48. The molecule has 4 heteroatoms. The van der Waals surface area contributed by atoms with Gasteiger partial charge in [-0.05, 0) is 39.5 Å². The Morgan fingerprint density at radius 3 is 1.39 bits per heavy atom. The molecule has 0 spiro atoms. The minimum Gasteiger partial charge on any atom is -0.366 e. The quantitative estimate of drug-likeness (QED) is 0.487. The van der Waals surface area contributed by atoms with Crippen LogP contribution in [-0.2, 0) is 9.59 Å². The third kappa shape index (κ3) is 8.56. The summed E-state index contributed by atoms with van der Waals surface area (Å²) in [5, 5.41) is 0. The van der Waals surface area contributed by atoms with Crippen LogP contribution in [0.5, 0.6) is 0 Å². The van der Waals surface area contributed by atoms with Crippen LogP contribution >= 0.6 is 0 Å². The van der Waals surface area contributed by atoms with Crippen LogP contribution in [0.1, 0.15) is 52.4 Å². The molecule has 0 aromatic heterocycles. The average molecular weight is 252 g/mol. The number of hydrogen-bond acceptors (Lipinski definition) is 2. The van der Waals surface area contributed by atoms with Crippen molar-refractivity contribution >= 4 is 11.8 Å². The molecule has 0 rings (SSSR count). The third-order valence-corrected chi connectivity index (χ3v) is 2.84. The Morgan fingerprint density at radius 1 is 0.778 bits per heavy atom. The van der Waals surface area contributed by atoms with Gasteiger partial charge in [0.15, 0.2) is 0 Å². The highest BCUT2D eigenvalue weighted by atomic mass is 16.1. The van der Waals surface area contributed by atoms with Crippen molar-refractivity contribution in [1.29, 1.82) is 0 Å². The van der Waals surface area contributed by atoms with E-state index in [0.717, 1.165) is 38.5 Å². The predicted molar refractivity (Wildman–Crippen MR) is 73.6 cm³/mol. The molecular weight excluding hydrogens is 228 g/mol. The normalized spacial score (nSPS) is 12.6. The molecule has 0 aliphatic heterocycles. The Kier molecular flexibility index (Phi) is 8.62. The molecule has 0 aliphatic rings. The molecule has 2 amide bonds. The van der Waals surface area contributed by atoms with E-state index in [-0.39, 0.29) is 11.8 Å². The van der Waals surface area contributed by atoms with E-state index in [2.05, 4.69) is 0 Å². The van der Waals surface area contributed by atoms with Crippen molar-refractivity contribution < 1.29 is 9.59 Å². The van der Waals surface area contributed by atoms with Gasteiger partial charge in [-0.15, -0.1) is 0 Å². The van der Waals surface area contributed by atoms with E-state index < -0.39 is 0 Å². The number of carbonyl (C=O) groups is 2. The molecule has 0 radical (unpaired) electrons. The maximum Gasteiger partial charge on any atom is 0.244 e. The second-order valence-electron chi connectivity index (χ2n) is 4.49.